The predicted molar refractivity (Wildman–Crippen MR) is 55.8 cm³/mol. The molecule has 0 spiro atoms. The molecular weight excluding hydrogens is 218 g/mol. The van der Waals surface area contributed by atoms with Crippen molar-refractivity contribution in [3.05, 3.63) is 0 Å². The van der Waals surface area contributed by atoms with Gasteiger partial charge in [0.2, 0.25) is 5.91 Å². The number of thiol groups is 1. The molecule has 1 N–H and O–H groups in total. The maximum Gasteiger partial charge on any atom is 0.326 e. The molecule has 2 atom stereocenters. The molecule has 1 fully saturated rings. The highest BCUT2D eigenvalue weighted by atomic mass is 32.1. The van der Waals surface area contributed by atoms with Crippen molar-refractivity contribution < 1.29 is 19.5 Å². The van der Waals surface area contributed by atoms with Gasteiger partial charge >= 0.3 is 5.97 Å². The van der Waals surface area contributed by atoms with E-state index in [1.54, 1.807) is 6.92 Å². The van der Waals surface area contributed by atoms with Crippen LogP contribution in [-0.2, 0) is 14.4 Å². The van der Waals surface area contributed by atoms with E-state index in [0.29, 0.717) is 0 Å². The standard InChI is InChI=1S/C9H13NO4S/c1-5(15)2-8(12)10-4-6(11)3-7(10)9(13)14/h5,7,15H,2-4H2,1H3,(H,13,14)/t5?,7-/m0/s1. The number of likely N-dealkylation sites (tertiary alicyclic amines) is 1. The van der Waals surface area contributed by atoms with Crippen LogP contribution in [0.15, 0.2) is 0 Å². The van der Waals surface area contributed by atoms with Crippen LogP contribution in [0.3, 0.4) is 0 Å². The first kappa shape index (κ1) is 12.0. The van der Waals surface area contributed by atoms with Crippen LogP contribution >= 0.6 is 12.6 Å². The molecule has 1 heterocycles. The average molecular weight is 231 g/mol. The van der Waals surface area contributed by atoms with E-state index in [9.17, 15) is 14.4 Å². The van der Waals surface area contributed by atoms with Crippen molar-refractivity contribution in [2.45, 2.75) is 31.1 Å². The molecule has 84 valence electrons. The molecule has 6 heteroatoms. The summed E-state index contributed by atoms with van der Waals surface area (Å²) in [6.07, 6.45) is 0.0716. The smallest absolute Gasteiger partial charge is 0.326 e. The minimum absolute atomic E-state index is 0.0813. The van der Waals surface area contributed by atoms with E-state index in [1.165, 1.54) is 0 Å². The predicted octanol–water partition coefficient (Wildman–Crippen LogP) is -0.0506. The Bertz CT molecular complexity index is 302. The summed E-state index contributed by atoms with van der Waals surface area (Å²) in [4.78, 5) is 34.6. The summed E-state index contributed by atoms with van der Waals surface area (Å²) >= 11 is 4.05. The largest absolute Gasteiger partial charge is 0.480 e. The molecule has 1 rings (SSSR count). The SMILES string of the molecule is CC(S)CC(=O)N1CC(=O)C[C@H]1C(=O)O. The van der Waals surface area contributed by atoms with E-state index in [-0.39, 0.29) is 36.3 Å². The third-order valence-electron chi connectivity index (χ3n) is 2.22. The molecule has 1 aliphatic heterocycles. The van der Waals surface area contributed by atoms with Crippen LogP contribution in [0.1, 0.15) is 19.8 Å². The number of nitrogens with zero attached hydrogens (tertiary/aromatic N) is 1. The van der Waals surface area contributed by atoms with Crippen LogP contribution in [0.5, 0.6) is 0 Å². The normalized spacial score (nSPS) is 22.9. The molecule has 0 aromatic carbocycles. The van der Waals surface area contributed by atoms with Gasteiger partial charge in [-0.3, -0.25) is 9.59 Å². The topological polar surface area (TPSA) is 74.7 Å². The highest BCUT2D eigenvalue weighted by Gasteiger charge is 2.38. The zero-order chi connectivity index (χ0) is 11.6. The van der Waals surface area contributed by atoms with Crippen LogP contribution in [0.2, 0.25) is 0 Å². The van der Waals surface area contributed by atoms with E-state index < -0.39 is 12.0 Å². The lowest BCUT2D eigenvalue weighted by Crippen LogP contribution is -2.41. The van der Waals surface area contributed by atoms with Crippen molar-refractivity contribution in [1.82, 2.24) is 4.90 Å². The second-order valence-electron chi connectivity index (χ2n) is 3.67. The Labute approximate surface area is 92.8 Å². The monoisotopic (exact) mass is 231 g/mol. The molecule has 1 amide bonds. The lowest BCUT2D eigenvalue weighted by molar-refractivity contribution is -0.148. The number of hydrogen-bond acceptors (Lipinski definition) is 4. The van der Waals surface area contributed by atoms with Crippen LogP contribution < -0.4 is 0 Å². The third-order valence-corrected chi connectivity index (χ3v) is 2.40. The average Bonchev–Trinajstić information content (AvgIpc) is 2.46. The molecule has 15 heavy (non-hydrogen) atoms. The molecule has 0 radical (unpaired) electrons. The number of carbonyl (C=O) groups is 3. The van der Waals surface area contributed by atoms with Gasteiger partial charge in [0, 0.05) is 18.1 Å². The van der Waals surface area contributed by atoms with E-state index in [1.807, 2.05) is 0 Å². The fourth-order valence-corrected chi connectivity index (χ4v) is 1.70. The number of rotatable bonds is 3. The van der Waals surface area contributed by atoms with E-state index >= 15 is 0 Å². The van der Waals surface area contributed by atoms with E-state index in [4.69, 9.17) is 5.11 Å². The zero-order valence-corrected chi connectivity index (χ0v) is 9.24. The van der Waals surface area contributed by atoms with Gasteiger partial charge in [0.15, 0.2) is 5.78 Å². The Balaban J connectivity index is 2.70. The molecule has 0 bridgehead atoms. The fraction of sp³-hybridized carbons (Fsp3) is 0.667. The molecule has 5 nitrogen and oxygen atoms in total. The summed E-state index contributed by atoms with van der Waals surface area (Å²) < 4.78 is 0. The summed E-state index contributed by atoms with van der Waals surface area (Å²) in [6.45, 7) is 1.66. The Kier molecular flexibility index (Phi) is 3.73. The molecular formula is C9H13NO4S. The number of amides is 1. The second-order valence-corrected chi connectivity index (χ2v) is 4.55. The van der Waals surface area contributed by atoms with Crippen molar-refractivity contribution in [3.8, 4) is 0 Å². The Morgan fingerprint density at radius 3 is 2.73 bits per heavy atom. The van der Waals surface area contributed by atoms with Crippen molar-refractivity contribution in [1.29, 1.82) is 0 Å². The highest BCUT2D eigenvalue weighted by molar-refractivity contribution is 7.80. The zero-order valence-electron chi connectivity index (χ0n) is 8.34. The number of carboxylic acids is 1. The van der Waals surface area contributed by atoms with E-state index in [0.717, 1.165) is 4.90 Å². The van der Waals surface area contributed by atoms with Crippen molar-refractivity contribution >= 4 is 30.3 Å². The van der Waals surface area contributed by atoms with Gasteiger partial charge in [0.25, 0.3) is 0 Å². The highest BCUT2D eigenvalue weighted by Crippen LogP contribution is 2.17. The van der Waals surface area contributed by atoms with Gasteiger partial charge < -0.3 is 10.0 Å². The number of carbonyl (C=O) groups excluding carboxylic acids is 2. The van der Waals surface area contributed by atoms with Crippen LogP contribution in [0, 0.1) is 0 Å². The van der Waals surface area contributed by atoms with Crippen molar-refractivity contribution in [2.24, 2.45) is 0 Å². The first-order valence-corrected chi connectivity index (χ1v) is 5.15. The second kappa shape index (κ2) is 4.65. The van der Waals surface area contributed by atoms with Gasteiger partial charge in [-0.15, -0.1) is 0 Å². The number of ketones is 1. The summed E-state index contributed by atoms with van der Waals surface area (Å²) in [5.74, 6) is -1.65. The Hall–Kier alpha value is -1.04. The summed E-state index contributed by atoms with van der Waals surface area (Å²) in [5, 5.41) is 8.68. The fourth-order valence-electron chi connectivity index (χ4n) is 1.54. The minimum atomic E-state index is -1.12. The van der Waals surface area contributed by atoms with Gasteiger partial charge in [-0.1, -0.05) is 6.92 Å². The van der Waals surface area contributed by atoms with Gasteiger partial charge in [-0.05, 0) is 0 Å². The quantitative estimate of drug-likeness (QED) is 0.668. The minimum Gasteiger partial charge on any atom is -0.480 e. The maximum absolute atomic E-state index is 11.6. The Morgan fingerprint density at radius 1 is 1.67 bits per heavy atom. The first-order chi connectivity index (χ1) is 6.91. The van der Waals surface area contributed by atoms with Crippen LogP contribution in [0.4, 0.5) is 0 Å². The van der Waals surface area contributed by atoms with Crippen molar-refractivity contribution in [2.75, 3.05) is 6.54 Å². The maximum atomic E-state index is 11.6. The molecule has 0 saturated carbocycles. The molecule has 1 saturated heterocycles. The molecule has 0 aromatic rings. The number of aliphatic carboxylic acids is 1. The number of carboxylic acid groups (broad SMARTS) is 1. The van der Waals surface area contributed by atoms with Crippen LogP contribution in [-0.4, -0.2) is 45.5 Å². The third kappa shape index (κ3) is 2.95. The van der Waals surface area contributed by atoms with Gasteiger partial charge in [-0.2, -0.15) is 12.6 Å². The van der Waals surface area contributed by atoms with E-state index in [2.05, 4.69) is 12.6 Å². The molecule has 1 aliphatic rings. The number of Topliss-reactive ketones (excluding diaryl/α,β-unsaturated/α-hetero) is 1. The summed E-state index contributed by atoms with van der Waals surface area (Å²) in [6, 6.07) is -0.989. The first-order valence-electron chi connectivity index (χ1n) is 4.64. The summed E-state index contributed by atoms with van der Waals surface area (Å²) in [7, 11) is 0. The van der Waals surface area contributed by atoms with Gasteiger partial charge in [0.05, 0.1) is 6.54 Å². The lowest BCUT2D eigenvalue weighted by atomic mass is 10.2. The number of hydrogen-bond donors (Lipinski definition) is 2. The van der Waals surface area contributed by atoms with Gasteiger partial charge in [-0.25, -0.2) is 4.79 Å². The summed E-state index contributed by atoms with van der Waals surface area (Å²) in [5.41, 5.74) is 0. The van der Waals surface area contributed by atoms with Gasteiger partial charge in [0.1, 0.15) is 6.04 Å². The molecule has 0 aromatic heterocycles. The lowest BCUT2D eigenvalue weighted by Gasteiger charge is -2.21. The van der Waals surface area contributed by atoms with Crippen LogP contribution in [0.25, 0.3) is 0 Å². The molecule has 1 unspecified atom stereocenters. The van der Waals surface area contributed by atoms with Crippen molar-refractivity contribution in [3.63, 3.8) is 0 Å². The molecule has 0 aliphatic carbocycles. The Morgan fingerprint density at radius 2 is 2.27 bits per heavy atom.